The molecule has 2 rings (SSSR count). The van der Waals surface area contributed by atoms with Crippen molar-refractivity contribution in [1.82, 2.24) is 5.32 Å². The van der Waals surface area contributed by atoms with E-state index in [0.29, 0.717) is 11.3 Å². The highest BCUT2D eigenvalue weighted by Gasteiger charge is 2.10. The molecule has 0 saturated heterocycles. The van der Waals surface area contributed by atoms with Crippen LogP contribution in [-0.2, 0) is 6.42 Å². The van der Waals surface area contributed by atoms with E-state index in [2.05, 4.69) is 26.1 Å². The maximum Gasteiger partial charge on any atom is 0.336 e. The smallest absolute Gasteiger partial charge is 0.336 e. The third-order valence-corrected chi connectivity index (χ3v) is 3.09. The standard InChI is InChI=1S/C16H21NO3/c1-16(2,3)17-8-7-11-9-15(18)20-14-10-12(19-4)5-6-13(11)14/h5-6,9-10,17H,7-8H2,1-4H3. The second kappa shape index (κ2) is 5.67. The van der Waals surface area contributed by atoms with E-state index in [1.54, 1.807) is 19.2 Å². The van der Waals surface area contributed by atoms with Crippen LogP contribution in [0.5, 0.6) is 5.75 Å². The molecule has 0 radical (unpaired) electrons. The Morgan fingerprint density at radius 3 is 2.65 bits per heavy atom. The summed E-state index contributed by atoms with van der Waals surface area (Å²) in [5, 5.41) is 4.38. The lowest BCUT2D eigenvalue weighted by Gasteiger charge is -2.20. The van der Waals surface area contributed by atoms with Crippen molar-refractivity contribution in [3.05, 3.63) is 40.2 Å². The SMILES string of the molecule is COc1ccc2c(CCNC(C)(C)C)cc(=O)oc2c1. The van der Waals surface area contributed by atoms with Crippen molar-refractivity contribution < 1.29 is 9.15 Å². The molecule has 0 unspecified atom stereocenters. The van der Waals surface area contributed by atoms with Gasteiger partial charge in [-0.2, -0.15) is 0 Å². The molecule has 0 fully saturated rings. The van der Waals surface area contributed by atoms with Crippen LogP contribution in [0.3, 0.4) is 0 Å². The molecular formula is C16H21NO3. The van der Waals surface area contributed by atoms with Gasteiger partial charge < -0.3 is 14.5 Å². The van der Waals surface area contributed by atoms with E-state index in [-0.39, 0.29) is 11.2 Å². The van der Waals surface area contributed by atoms with Gasteiger partial charge in [0, 0.05) is 23.1 Å². The third-order valence-electron chi connectivity index (χ3n) is 3.09. The highest BCUT2D eigenvalue weighted by molar-refractivity contribution is 5.81. The van der Waals surface area contributed by atoms with Gasteiger partial charge in [0.15, 0.2) is 0 Å². The molecule has 1 heterocycles. The zero-order valence-electron chi connectivity index (χ0n) is 12.4. The molecule has 0 atom stereocenters. The molecule has 1 aromatic carbocycles. The molecule has 4 nitrogen and oxygen atoms in total. The number of rotatable bonds is 4. The van der Waals surface area contributed by atoms with Crippen molar-refractivity contribution in [2.24, 2.45) is 0 Å². The Kier molecular flexibility index (Phi) is 4.14. The fourth-order valence-corrected chi connectivity index (χ4v) is 2.12. The predicted octanol–water partition coefficient (Wildman–Crippen LogP) is 2.73. The van der Waals surface area contributed by atoms with E-state index in [0.717, 1.165) is 23.9 Å². The van der Waals surface area contributed by atoms with Crippen molar-refractivity contribution in [3.63, 3.8) is 0 Å². The van der Waals surface area contributed by atoms with Gasteiger partial charge in [-0.1, -0.05) is 0 Å². The molecule has 20 heavy (non-hydrogen) atoms. The molecule has 0 bridgehead atoms. The lowest BCUT2D eigenvalue weighted by Crippen LogP contribution is -2.37. The van der Waals surface area contributed by atoms with Crippen LogP contribution in [-0.4, -0.2) is 19.2 Å². The van der Waals surface area contributed by atoms with Crippen molar-refractivity contribution in [3.8, 4) is 5.75 Å². The molecular weight excluding hydrogens is 254 g/mol. The molecule has 2 aromatic rings. The van der Waals surface area contributed by atoms with Crippen LogP contribution in [0.15, 0.2) is 33.5 Å². The number of nitrogens with one attached hydrogen (secondary N) is 1. The van der Waals surface area contributed by atoms with Crippen LogP contribution < -0.4 is 15.7 Å². The van der Waals surface area contributed by atoms with Gasteiger partial charge >= 0.3 is 5.63 Å². The van der Waals surface area contributed by atoms with Gasteiger partial charge in [0.05, 0.1) is 7.11 Å². The first-order valence-electron chi connectivity index (χ1n) is 6.75. The van der Waals surface area contributed by atoms with Gasteiger partial charge in [0.1, 0.15) is 11.3 Å². The highest BCUT2D eigenvalue weighted by atomic mass is 16.5. The Balaban J connectivity index is 2.30. The summed E-state index contributed by atoms with van der Waals surface area (Å²) in [6.07, 6.45) is 0.783. The van der Waals surface area contributed by atoms with Gasteiger partial charge in [0.25, 0.3) is 0 Å². The summed E-state index contributed by atoms with van der Waals surface area (Å²) < 4.78 is 10.4. The zero-order chi connectivity index (χ0) is 14.8. The Morgan fingerprint density at radius 1 is 1.25 bits per heavy atom. The Labute approximate surface area is 118 Å². The van der Waals surface area contributed by atoms with Crippen LogP contribution in [0.1, 0.15) is 26.3 Å². The average molecular weight is 275 g/mol. The number of hydrogen-bond donors (Lipinski definition) is 1. The first-order valence-corrected chi connectivity index (χ1v) is 6.75. The highest BCUT2D eigenvalue weighted by Crippen LogP contribution is 2.22. The number of hydrogen-bond acceptors (Lipinski definition) is 4. The first kappa shape index (κ1) is 14.6. The van der Waals surface area contributed by atoms with E-state index < -0.39 is 0 Å². The third kappa shape index (κ3) is 3.61. The van der Waals surface area contributed by atoms with Crippen molar-refractivity contribution in [2.45, 2.75) is 32.7 Å². The van der Waals surface area contributed by atoms with Gasteiger partial charge in [-0.15, -0.1) is 0 Å². The lowest BCUT2D eigenvalue weighted by atomic mass is 10.1. The minimum absolute atomic E-state index is 0.0679. The van der Waals surface area contributed by atoms with E-state index >= 15 is 0 Å². The Hall–Kier alpha value is -1.81. The van der Waals surface area contributed by atoms with Crippen molar-refractivity contribution in [1.29, 1.82) is 0 Å². The van der Waals surface area contributed by atoms with Gasteiger partial charge in [-0.25, -0.2) is 4.79 Å². The number of methoxy groups -OCH3 is 1. The summed E-state index contributed by atoms with van der Waals surface area (Å²) in [4.78, 5) is 11.6. The van der Waals surface area contributed by atoms with E-state index in [1.807, 2.05) is 12.1 Å². The largest absolute Gasteiger partial charge is 0.497 e. The van der Waals surface area contributed by atoms with Gasteiger partial charge in [-0.3, -0.25) is 0 Å². The number of ether oxygens (including phenoxy) is 1. The summed E-state index contributed by atoms with van der Waals surface area (Å²) >= 11 is 0. The quantitative estimate of drug-likeness (QED) is 0.872. The molecule has 0 amide bonds. The molecule has 0 spiro atoms. The van der Waals surface area contributed by atoms with Crippen molar-refractivity contribution in [2.75, 3.05) is 13.7 Å². The number of fused-ring (bicyclic) bond motifs is 1. The summed E-state index contributed by atoms with van der Waals surface area (Å²) in [6, 6.07) is 7.13. The molecule has 0 aliphatic rings. The Bertz CT molecular complexity index is 653. The average Bonchev–Trinajstić information content (AvgIpc) is 2.36. The zero-order valence-corrected chi connectivity index (χ0v) is 12.4. The maximum atomic E-state index is 11.6. The van der Waals surface area contributed by atoms with Crippen molar-refractivity contribution >= 4 is 11.0 Å². The monoisotopic (exact) mass is 275 g/mol. The fraction of sp³-hybridized carbons (Fsp3) is 0.438. The van der Waals surface area contributed by atoms with Crippen LogP contribution in [0.4, 0.5) is 0 Å². The summed E-state index contributed by atoms with van der Waals surface area (Å²) in [5.74, 6) is 0.686. The van der Waals surface area contributed by atoms with E-state index in [9.17, 15) is 4.79 Å². The molecule has 0 aliphatic heterocycles. The molecule has 4 heteroatoms. The maximum absolute atomic E-state index is 11.6. The summed E-state index contributed by atoms with van der Waals surface area (Å²) in [5.41, 5.74) is 1.31. The number of benzene rings is 1. The van der Waals surface area contributed by atoms with E-state index in [1.165, 1.54) is 0 Å². The predicted molar refractivity (Wildman–Crippen MR) is 80.5 cm³/mol. The summed E-state index contributed by atoms with van der Waals surface area (Å²) in [7, 11) is 1.59. The molecule has 108 valence electrons. The van der Waals surface area contributed by atoms with Crippen LogP contribution >= 0.6 is 0 Å². The van der Waals surface area contributed by atoms with E-state index in [4.69, 9.17) is 9.15 Å². The minimum atomic E-state index is -0.323. The van der Waals surface area contributed by atoms with Crippen LogP contribution in [0.2, 0.25) is 0 Å². The van der Waals surface area contributed by atoms with Crippen LogP contribution in [0, 0.1) is 0 Å². The second-order valence-electron chi connectivity index (χ2n) is 5.88. The van der Waals surface area contributed by atoms with Gasteiger partial charge in [0.2, 0.25) is 0 Å². The summed E-state index contributed by atoms with van der Waals surface area (Å²) in [6.45, 7) is 7.17. The Morgan fingerprint density at radius 2 is 2.00 bits per heavy atom. The molecule has 0 aliphatic carbocycles. The fourth-order valence-electron chi connectivity index (χ4n) is 2.12. The first-order chi connectivity index (χ1) is 9.39. The topological polar surface area (TPSA) is 51.5 Å². The normalized spacial score (nSPS) is 11.8. The molecule has 1 N–H and O–H groups in total. The minimum Gasteiger partial charge on any atom is -0.497 e. The van der Waals surface area contributed by atoms with Gasteiger partial charge in [-0.05, 0) is 51.4 Å². The van der Waals surface area contributed by atoms with Crippen LogP contribution in [0.25, 0.3) is 11.0 Å². The lowest BCUT2D eigenvalue weighted by molar-refractivity contribution is 0.414. The molecule has 1 aromatic heterocycles. The molecule has 0 saturated carbocycles. The second-order valence-corrected chi connectivity index (χ2v) is 5.88.